The van der Waals surface area contributed by atoms with E-state index in [-0.39, 0.29) is 24.8 Å². The number of nitrogens with zero attached hydrogens (tertiary/aromatic N) is 1. The Morgan fingerprint density at radius 1 is 0.903 bits per heavy atom. The summed E-state index contributed by atoms with van der Waals surface area (Å²) < 4.78 is 4.04. The minimum atomic E-state index is -2.02. The first-order valence-electron chi connectivity index (χ1n) is 10.9. The molecule has 0 fully saturated rings. The second-order valence-electron chi connectivity index (χ2n) is 9.12. The molecule has 0 saturated heterocycles. The van der Waals surface area contributed by atoms with Gasteiger partial charge in [-0.05, 0) is 0 Å². The molecule has 0 amide bonds. The van der Waals surface area contributed by atoms with Crippen LogP contribution < -0.4 is 29.7 Å². The molecule has 0 radical (unpaired) electrons. The fraction of sp³-hybridized carbons (Fsp3) is 0.370. The van der Waals surface area contributed by atoms with Crippen LogP contribution in [0.5, 0.6) is 0 Å². The Hall–Kier alpha value is -0.947. The molecule has 2 aromatic rings. The normalized spacial score (nSPS) is 15.5. The molecule has 0 aliphatic heterocycles. The predicted molar refractivity (Wildman–Crippen MR) is 125 cm³/mol. The van der Waals surface area contributed by atoms with Crippen molar-refractivity contribution in [3.63, 3.8) is 0 Å². The van der Waals surface area contributed by atoms with Gasteiger partial charge in [0.1, 0.15) is 0 Å². The number of hydrogen-bond donors (Lipinski definition) is 0. The summed E-state index contributed by atoms with van der Waals surface area (Å²) in [4.78, 5) is 2.56. The third-order valence-electron chi connectivity index (χ3n) is 6.26. The summed E-state index contributed by atoms with van der Waals surface area (Å²) in [7, 11) is 0. The second kappa shape index (κ2) is 10.8. The molecule has 2 aromatic carbocycles. The standard InChI is InChI=1S/C19H22N.C5H5.C3H6.2ClH.Zr/c1-13(2)20(14(3)4)17-9-10-19-16(12-17)11-15-7-5-6-8-18(15)19;1-2-4-5-3-1;1-3-2;;;/h5-14H,1-4H3;1-3H,4H2;1-2H3;2*1H;/q;;;;;+2/p-2. The van der Waals surface area contributed by atoms with Crippen LogP contribution in [0.15, 0.2) is 64.0 Å². The van der Waals surface area contributed by atoms with E-state index in [0.29, 0.717) is 15.7 Å². The van der Waals surface area contributed by atoms with Crippen molar-refractivity contribution >= 4 is 8.89 Å². The van der Waals surface area contributed by atoms with Crippen molar-refractivity contribution in [3.8, 4) is 11.1 Å². The third kappa shape index (κ3) is 4.87. The molecule has 31 heavy (non-hydrogen) atoms. The van der Waals surface area contributed by atoms with Gasteiger partial charge in [0.15, 0.2) is 0 Å². The fourth-order valence-electron chi connectivity index (χ4n) is 5.30. The summed E-state index contributed by atoms with van der Waals surface area (Å²) in [5.74, 6) is 0. The number of anilines is 1. The largest absolute Gasteiger partial charge is 1.00 e. The average Bonchev–Trinajstić information content (AvgIpc) is 3.29. The zero-order chi connectivity index (χ0) is 20.7. The Morgan fingerprint density at radius 3 is 2.13 bits per heavy atom. The van der Waals surface area contributed by atoms with Gasteiger partial charge in [-0.15, -0.1) is 0 Å². The summed E-state index contributed by atoms with van der Waals surface area (Å²) in [6.45, 7) is 14.0. The van der Waals surface area contributed by atoms with Crippen molar-refractivity contribution in [1.82, 2.24) is 0 Å². The molecule has 164 valence electrons. The van der Waals surface area contributed by atoms with E-state index in [1.165, 1.54) is 16.8 Å². The Morgan fingerprint density at radius 2 is 1.55 bits per heavy atom. The maximum atomic E-state index is 2.56. The predicted octanol–water partition coefficient (Wildman–Crippen LogP) is 1.06. The van der Waals surface area contributed by atoms with E-state index in [4.69, 9.17) is 0 Å². The number of rotatable bonds is 5. The Labute approximate surface area is 208 Å². The maximum Gasteiger partial charge on any atom is -1.00 e. The minimum absolute atomic E-state index is 0. The fourth-order valence-corrected chi connectivity index (χ4v) is 13.5. The molecule has 1 atom stereocenters. The smallest absolute Gasteiger partial charge is 1.00 e. The maximum absolute atomic E-state index is 2.56. The molecule has 4 rings (SSSR count). The van der Waals surface area contributed by atoms with Gasteiger partial charge in [-0.3, -0.25) is 0 Å². The van der Waals surface area contributed by atoms with E-state index in [1.807, 2.05) is 0 Å². The van der Waals surface area contributed by atoms with Gasteiger partial charge in [-0.2, -0.15) is 0 Å². The van der Waals surface area contributed by atoms with Crippen LogP contribution in [-0.2, 0) is 21.3 Å². The molecular formula is C27H33Cl2NZr. The summed E-state index contributed by atoms with van der Waals surface area (Å²) in [6.07, 6.45) is 8.21. The summed E-state index contributed by atoms with van der Waals surface area (Å²) in [5, 5.41) is 0. The molecule has 0 bridgehead atoms. The molecule has 4 heteroatoms. The SMILES string of the molecule is C[C](C)=[Zr+2]([C]1=CC=CC1)[CH]1c2ccccc2-c2ccc(N(C(C)C)C(C)C)cc21.[Cl-].[Cl-]. The molecule has 2 aliphatic carbocycles. The van der Waals surface area contributed by atoms with Crippen molar-refractivity contribution < 1.29 is 46.1 Å². The number of halogens is 2. The summed E-state index contributed by atoms with van der Waals surface area (Å²) in [5.41, 5.74) is 7.46. The topological polar surface area (TPSA) is 3.24 Å². The number of fused-ring (bicyclic) bond motifs is 3. The molecule has 1 unspecified atom stereocenters. The number of benzene rings is 2. The Balaban J connectivity index is 0.00000171. The average molecular weight is 534 g/mol. The minimum Gasteiger partial charge on any atom is -1.00 e. The van der Waals surface area contributed by atoms with Gasteiger partial charge >= 0.3 is 185 Å². The summed E-state index contributed by atoms with van der Waals surface area (Å²) in [6, 6.07) is 17.4. The van der Waals surface area contributed by atoms with Crippen LogP contribution in [-0.4, -0.2) is 15.3 Å². The molecule has 0 heterocycles. The molecular weight excluding hydrogens is 500 g/mol. The molecule has 0 N–H and O–H groups in total. The van der Waals surface area contributed by atoms with Gasteiger partial charge < -0.3 is 24.8 Å². The molecule has 0 saturated carbocycles. The number of allylic oxidation sites excluding steroid dienone is 4. The van der Waals surface area contributed by atoms with E-state index in [9.17, 15) is 0 Å². The first-order valence-corrected chi connectivity index (χ1v) is 14.8. The molecule has 0 spiro atoms. The van der Waals surface area contributed by atoms with Gasteiger partial charge in [-0.1, -0.05) is 0 Å². The van der Waals surface area contributed by atoms with Gasteiger partial charge in [0, 0.05) is 0 Å². The second-order valence-corrected chi connectivity index (χ2v) is 16.6. The van der Waals surface area contributed by atoms with Crippen LogP contribution in [0.3, 0.4) is 0 Å². The number of hydrogen-bond acceptors (Lipinski definition) is 1. The van der Waals surface area contributed by atoms with Gasteiger partial charge in [0.2, 0.25) is 0 Å². The first kappa shape index (κ1) is 26.3. The third-order valence-corrected chi connectivity index (χ3v) is 14.5. The van der Waals surface area contributed by atoms with E-state index in [2.05, 4.69) is 107 Å². The van der Waals surface area contributed by atoms with E-state index >= 15 is 0 Å². The zero-order valence-electron chi connectivity index (χ0n) is 19.4. The van der Waals surface area contributed by atoms with Crippen LogP contribution in [0.1, 0.15) is 62.7 Å². The van der Waals surface area contributed by atoms with Crippen LogP contribution >= 0.6 is 0 Å². The monoisotopic (exact) mass is 531 g/mol. The van der Waals surface area contributed by atoms with Crippen LogP contribution in [0.2, 0.25) is 0 Å². The van der Waals surface area contributed by atoms with Crippen molar-refractivity contribution in [2.75, 3.05) is 4.90 Å². The van der Waals surface area contributed by atoms with Crippen LogP contribution in [0.4, 0.5) is 5.69 Å². The van der Waals surface area contributed by atoms with Crippen molar-refractivity contribution in [1.29, 1.82) is 0 Å². The van der Waals surface area contributed by atoms with E-state index < -0.39 is 21.3 Å². The van der Waals surface area contributed by atoms with E-state index in [0.717, 1.165) is 6.42 Å². The zero-order valence-corrected chi connectivity index (χ0v) is 23.4. The molecule has 0 aromatic heterocycles. The summed E-state index contributed by atoms with van der Waals surface area (Å²) >= 11 is -2.02. The Kier molecular flexibility index (Phi) is 9.15. The van der Waals surface area contributed by atoms with Gasteiger partial charge in [0.05, 0.1) is 0 Å². The first-order chi connectivity index (χ1) is 13.9. The van der Waals surface area contributed by atoms with Crippen LogP contribution in [0, 0.1) is 0 Å². The van der Waals surface area contributed by atoms with Crippen molar-refractivity contribution in [3.05, 3.63) is 75.1 Å². The quantitative estimate of drug-likeness (QED) is 0.556. The van der Waals surface area contributed by atoms with Gasteiger partial charge in [0.25, 0.3) is 0 Å². The van der Waals surface area contributed by atoms with E-state index in [1.54, 1.807) is 17.6 Å². The van der Waals surface area contributed by atoms with Crippen molar-refractivity contribution in [2.45, 2.75) is 63.7 Å². The van der Waals surface area contributed by atoms with Crippen molar-refractivity contribution in [2.24, 2.45) is 0 Å². The van der Waals surface area contributed by atoms with Crippen LogP contribution in [0.25, 0.3) is 11.1 Å². The van der Waals surface area contributed by atoms with Gasteiger partial charge in [-0.25, -0.2) is 0 Å². The Bertz CT molecular complexity index is 1020. The molecule has 2 aliphatic rings. The molecule has 1 nitrogen and oxygen atoms in total.